The number of aryl methyl sites for hydroxylation is 1. The average Bonchev–Trinajstić information content (AvgIpc) is 2.97. The van der Waals surface area contributed by atoms with Crippen LogP contribution in [0.2, 0.25) is 0 Å². The van der Waals surface area contributed by atoms with Gasteiger partial charge in [0.05, 0.1) is 12.1 Å². The third-order valence-corrected chi connectivity index (χ3v) is 4.27. The van der Waals surface area contributed by atoms with Crippen LogP contribution >= 0.6 is 0 Å². The van der Waals surface area contributed by atoms with Crippen molar-refractivity contribution in [2.75, 3.05) is 0 Å². The monoisotopic (exact) mass is 301 g/mol. The molecule has 3 atom stereocenters. The van der Waals surface area contributed by atoms with Gasteiger partial charge < -0.3 is 5.11 Å². The molecule has 22 heavy (non-hydrogen) atoms. The van der Waals surface area contributed by atoms with Gasteiger partial charge in [-0.25, -0.2) is 9.67 Å². The molecule has 4 heteroatoms. The van der Waals surface area contributed by atoms with Crippen molar-refractivity contribution in [2.45, 2.75) is 59.1 Å². The second-order valence-electron chi connectivity index (χ2n) is 7.30. The fraction of sp³-hybridized carbons (Fsp3) is 0.556. The topological polar surface area (TPSA) is 50.9 Å². The number of hydrogen-bond donors (Lipinski definition) is 1. The molecule has 0 radical (unpaired) electrons. The standard InChI is InChI=1S/C18H27N3O/c1-13-6-8-15(9-7-13)14(2)10-16(17(22)18(3,4)5)21-12-19-11-20-21/h6-9,11-12,14,16-17,22H,10H2,1-5H3. The summed E-state index contributed by atoms with van der Waals surface area (Å²) in [6.45, 7) is 10.5. The Hall–Kier alpha value is -1.68. The highest BCUT2D eigenvalue weighted by Crippen LogP contribution is 2.34. The Morgan fingerprint density at radius 1 is 1.18 bits per heavy atom. The molecule has 4 nitrogen and oxygen atoms in total. The zero-order valence-corrected chi connectivity index (χ0v) is 14.2. The molecule has 1 N–H and O–H groups in total. The van der Waals surface area contributed by atoms with E-state index in [1.807, 2.05) is 0 Å². The van der Waals surface area contributed by atoms with Crippen molar-refractivity contribution in [3.8, 4) is 0 Å². The van der Waals surface area contributed by atoms with Crippen LogP contribution < -0.4 is 0 Å². The average molecular weight is 301 g/mol. The lowest BCUT2D eigenvalue weighted by Gasteiger charge is -2.34. The van der Waals surface area contributed by atoms with Gasteiger partial charge >= 0.3 is 0 Å². The normalized spacial score (nSPS) is 16.3. The second-order valence-corrected chi connectivity index (χ2v) is 7.30. The summed E-state index contributed by atoms with van der Waals surface area (Å²) >= 11 is 0. The lowest BCUT2D eigenvalue weighted by Crippen LogP contribution is -2.36. The van der Waals surface area contributed by atoms with Crippen LogP contribution in [0.4, 0.5) is 0 Å². The minimum absolute atomic E-state index is 0.0844. The van der Waals surface area contributed by atoms with Crippen LogP contribution in [0.25, 0.3) is 0 Å². The van der Waals surface area contributed by atoms with Crippen LogP contribution in [0.15, 0.2) is 36.9 Å². The summed E-state index contributed by atoms with van der Waals surface area (Å²) in [6.07, 6.45) is 3.56. The molecule has 120 valence electrons. The van der Waals surface area contributed by atoms with Crippen molar-refractivity contribution < 1.29 is 5.11 Å². The minimum atomic E-state index is -0.484. The Morgan fingerprint density at radius 3 is 2.32 bits per heavy atom. The number of nitrogens with zero attached hydrogens (tertiary/aromatic N) is 3. The smallest absolute Gasteiger partial charge is 0.137 e. The molecule has 0 spiro atoms. The molecule has 0 aliphatic rings. The molecule has 1 aromatic carbocycles. The van der Waals surface area contributed by atoms with Crippen LogP contribution in [0.3, 0.4) is 0 Å². The first kappa shape index (κ1) is 16.7. The molecule has 2 aromatic rings. The molecule has 0 amide bonds. The van der Waals surface area contributed by atoms with E-state index >= 15 is 0 Å². The van der Waals surface area contributed by atoms with Gasteiger partial charge in [-0.15, -0.1) is 0 Å². The van der Waals surface area contributed by atoms with E-state index in [2.05, 4.69) is 69.0 Å². The quantitative estimate of drug-likeness (QED) is 0.915. The second kappa shape index (κ2) is 6.61. The van der Waals surface area contributed by atoms with Crippen LogP contribution in [0.1, 0.15) is 57.2 Å². The van der Waals surface area contributed by atoms with E-state index in [1.54, 1.807) is 11.0 Å². The summed E-state index contributed by atoms with van der Waals surface area (Å²) in [5.41, 5.74) is 2.35. The van der Waals surface area contributed by atoms with Crippen LogP contribution in [0.5, 0.6) is 0 Å². The Morgan fingerprint density at radius 2 is 1.82 bits per heavy atom. The van der Waals surface area contributed by atoms with Gasteiger partial charge in [0.1, 0.15) is 12.7 Å². The van der Waals surface area contributed by atoms with Gasteiger partial charge in [0.2, 0.25) is 0 Å². The first-order chi connectivity index (χ1) is 10.3. The molecule has 0 aliphatic carbocycles. The van der Waals surface area contributed by atoms with Gasteiger partial charge in [-0.1, -0.05) is 57.5 Å². The molecule has 3 unspecified atom stereocenters. The Balaban J connectivity index is 2.21. The summed E-state index contributed by atoms with van der Waals surface area (Å²) in [7, 11) is 0. The molecule has 0 saturated carbocycles. The molecular weight excluding hydrogens is 274 g/mol. The Bertz CT molecular complexity index is 569. The van der Waals surface area contributed by atoms with E-state index in [-0.39, 0.29) is 11.5 Å². The molecule has 0 aliphatic heterocycles. The first-order valence-electron chi connectivity index (χ1n) is 7.88. The maximum absolute atomic E-state index is 10.8. The van der Waals surface area contributed by atoms with E-state index in [0.29, 0.717) is 5.92 Å². The van der Waals surface area contributed by atoms with Gasteiger partial charge in [-0.2, -0.15) is 5.10 Å². The van der Waals surface area contributed by atoms with Crippen LogP contribution in [-0.4, -0.2) is 26.0 Å². The van der Waals surface area contributed by atoms with Crippen molar-refractivity contribution in [1.29, 1.82) is 0 Å². The summed E-state index contributed by atoms with van der Waals surface area (Å²) in [4.78, 5) is 4.04. The number of aliphatic hydroxyl groups is 1. The van der Waals surface area contributed by atoms with Gasteiger partial charge in [0.25, 0.3) is 0 Å². The van der Waals surface area contributed by atoms with E-state index in [9.17, 15) is 5.11 Å². The fourth-order valence-corrected chi connectivity index (χ4v) is 2.74. The number of aromatic nitrogens is 3. The molecule has 1 heterocycles. The Labute approximate surface area is 133 Å². The first-order valence-corrected chi connectivity index (χ1v) is 7.88. The van der Waals surface area contributed by atoms with E-state index in [4.69, 9.17) is 0 Å². The molecular formula is C18H27N3O. The summed E-state index contributed by atoms with van der Waals surface area (Å²) in [6, 6.07) is 8.52. The predicted octanol–water partition coefficient (Wildman–Crippen LogP) is 3.73. The van der Waals surface area contributed by atoms with E-state index in [1.165, 1.54) is 17.5 Å². The maximum Gasteiger partial charge on any atom is 0.137 e. The zero-order valence-electron chi connectivity index (χ0n) is 14.2. The lowest BCUT2D eigenvalue weighted by molar-refractivity contribution is 0.00736. The van der Waals surface area contributed by atoms with Crippen molar-refractivity contribution >= 4 is 0 Å². The fourth-order valence-electron chi connectivity index (χ4n) is 2.74. The molecule has 1 aromatic heterocycles. The highest BCUT2D eigenvalue weighted by Gasteiger charge is 2.33. The summed E-state index contributed by atoms with van der Waals surface area (Å²) in [5, 5.41) is 15.0. The highest BCUT2D eigenvalue weighted by atomic mass is 16.3. The van der Waals surface area contributed by atoms with Crippen LogP contribution in [0, 0.1) is 12.3 Å². The van der Waals surface area contributed by atoms with Crippen molar-refractivity contribution in [2.24, 2.45) is 5.41 Å². The summed E-state index contributed by atoms with van der Waals surface area (Å²) < 4.78 is 1.79. The minimum Gasteiger partial charge on any atom is -0.390 e. The van der Waals surface area contributed by atoms with E-state index < -0.39 is 6.10 Å². The number of rotatable bonds is 5. The van der Waals surface area contributed by atoms with Crippen molar-refractivity contribution in [1.82, 2.24) is 14.8 Å². The zero-order chi connectivity index (χ0) is 16.3. The molecule has 0 saturated heterocycles. The largest absolute Gasteiger partial charge is 0.390 e. The third kappa shape index (κ3) is 3.95. The maximum atomic E-state index is 10.8. The SMILES string of the molecule is Cc1ccc(C(C)CC(C(O)C(C)(C)C)n2cncn2)cc1. The van der Waals surface area contributed by atoms with Crippen LogP contribution in [-0.2, 0) is 0 Å². The van der Waals surface area contributed by atoms with Gasteiger partial charge in [-0.3, -0.25) is 0 Å². The third-order valence-electron chi connectivity index (χ3n) is 4.27. The Kier molecular flexibility index (Phi) is 5.01. The molecule has 0 bridgehead atoms. The molecule has 2 rings (SSSR count). The van der Waals surface area contributed by atoms with Crippen molar-refractivity contribution in [3.05, 3.63) is 48.0 Å². The van der Waals surface area contributed by atoms with Gasteiger partial charge in [0.15, 0.2) is 0 Å². The predicted molar refractivity (Wildman–Crippen MR) is 88.7 cm³/mol. The van der Waals surface area contributed by atoms with E-state index in [0.717, 1.165) is 6.42 Å². The number of hydrogen-bond acceptors (Lipinski definition) is 3. The van der Waals surface area contributed by atoms with Gasteiger partial charge in [0, 0.05) is 0 Å². The van der Waals surface area contributed by atoms with Gasteiger partial charge in [-0.05, 0) is 30.2 Å². The highest BCUT2D eigenvalue weighted by molar-refractivity contribution is 5.24. The summed E-state index contributed by atoms with van der Waals surface area (Å²) in [5.74, 6) is 0.340. The number of benzene rings is 1. The number of aliphatic hydroxyl groups excluding tert-OH is 1. The lowest BCUT2D eigenvalue weighted by atomic mass is 9.80. The molecule has 0 fully saturated rings. The van der Waals surface area contributed by atoms with Crippen molar-refractivity contribution in [3.63, 3.8) is 0 Å².